The average molecular weight is 751 g/mol. The molecule has 0 radical (unpaired) electrons. The van der Waals surface area contributed by atoms with E-state index < -0.39 is 29.5 Å². The van der Waals surface area contributed by atoms with E-state index in [1.165, 1.54) is 5.01 Å². The zero-order valence-corrected chi connectivity index (χ0v) is 33.9. The number of aromatic nitrogens is 2. The molecule has 1 saturated heterocycles. The zero-order chi connectivity index (χ0) is 39.6. The van der Waals surface area contributed by atoms with Crippen LogP contribution in [-0.2, 0) is 43.2 Å². The number of pyridine rings is 1. The fourth-order valence-electron chi connectivity index (χ4n) is 8.38. The van der Waals surface area contributed by atoms with E-state index >= 15 is 0 Å². The van der Waals surface area contributed by atoms with E-state index in [1.54, 1.807) is 7.11 Å². The van der Waals surface area contributed by atoms with Gasteiger partial charge in [-0.2, -0.15) is 0 Å². The van der Waals surface area contributed by atoms with Crippen molar-refractivity contribution in [2.45, 2.75) is 98.0 Å². The molecule has 6 bridgehead atoms. The molecule has 4 atom stereocenters. The lowest BCUT2D eigenvalue weighted by Crippen LogP contribution is -2.61. The summed E-state index contributed by atoms with van der Waals surface area (Å²) in [6.45, 7) is 13.8. The van der Waals surface area contributed by atoms with Crippen LogP contribution in [0.15, 0.2) is 60.8 Å². The normalized spacial score (nSPS) is 20.3. The monoisotopic (exact) mass is 750 g/mol. The van der Waals surface area contributed by atoms with E-state index in [-0.39, 0.29) is 36.9 Å². The average Bonchev–Trinajstić information content (AvgIpc) is 3.46. The van der Waals surface area contributed by atoms with Crippen LogP contribution in [-0.4, -0.2) is 89.7 Å². The molecular weight excluding hydrogens is 693 g/mol. The van der Waals surface area contributed by atoms with E-state index in [2.05, 4.69) is 72.5 Å². The smallest absolute Gasteiger partial charge is 0.324 e. The molecule has 294 valence electrons. The molecule has 6 rings (SSSR count). The molecule has 0 spiro atoms. The van der Waals surface area contributed by atoms with Gasteiger partial charge in [-0.05, 0) is 99.6 Å². The van der Waals surface area contributed by atoms with Gasteiger partial charge in [-0.25, -0.2) is 5.43 Å². The van der Waals surface area contributed by atoms with Gasteiger partial charge in [0.25, 0.3) is 5.91 Å². The van der Waals surface area contributed by atoms with Gasteiger partial charge >= 0.3 is 5.97 Å². The molecule has 2 aliphatic rings. The van der Waals surface area contributed by atoms with E-state index in [1.807, 2.05) is 64.2 Å². The zero-order valence-electron chi connectivity index (χ0n) is 33.9. The molecule has 2 aliphatic heterocycles. The number of carbonyl (C=O) groups excluding carboxylic acids is 3. The van der Waals surface area contributed by atoms with Crippen molar-refractivity contribution in [2.24, 2.45) is 11.3 Å². The number of benzene rings is 2. The number of nitrogens with one attached hydrogen (secondary N) is 2. The van der Waals surface area contributed by atoms with Gasteiger partial charge in [0, 0.05) is 54.7 Å². The number of amides is 2. The minimum absolute atomic E-state index is 0.0279. The number of methoxy groups -OCH3 is 1. The number of aryl methyl sites for hydroxylation is 1. The number of ether oxygens (including phenoxy) is 2. The summed E-state index contributed by atoms with van der Waals surface area (Å²) < 4.78 is 14.2. The molecule has 2 N–H and O–H groups in total. The highest BCUT2D eigenvalue weighted by atomic mass is 16.5. The van der Waals surface area contributed by atoms with Crippen molar-refractivity contribution in [3.05, 3.63) is 77.6 Å². The Bertz CT molecular complexity index is 2030. The minimum Gasteiger partial charge on any atom is -0.464 e. The molecule has 2 aromatic heterocycles. The minimum atomic E-state index is -0.859. The summed E-state index contributed by atoms with van der Waals surface area (Å²) in [5, 5.41) is 5.73. The molecule has 4 aromatic rings. The largest absolute Gasteiger partial charge is 0.464 e. The predicted molar refractivity (Wildman–Crippen MR) is 216 cm³/mol. The second-order valence-corrected chi connectivity index (χ2v) is 16.5. The van der Waals surface area contributed by atoms with E-state index in [0.717, 1.165) is 56.7 Å². The molecule has 0 aliphatic carbocycles. The van der Waals surface area contributed by atoms with Crippen LogP contribution < -0.4 is 10.7 Å². The van der Waals surface area contributed by atoms with Crippen molar-refractivity contribution >= 4 is 28.7 Å². The molecule has 2 amide bonds. The van der Waals surface area contributed by atoms with E-state index in [4.69, 9.17) is 14.5 Å². The van der Waals surface area contributed by atoms with Crippen molar-refractivity contribution < 1.29 is 23.9 Å². The summed E-state index contributed by atoms with van der Waals surface area (Å²) >= 11 is 0. The Labute approximate surface area is 325 Å². The molecule has 2 aromatic carbocycles. The molecule has 4 unspecified atom stereocenters. The molecule has 55 heavy (non-hydrogen) atoms. The Hall–Kier alpha value is -4.58. The Morgan fingerprint density at radius 2 is 1.85 bits per heavy atom. The lowest BCUT2D eigenvalue weighted by molar-refractivity contribution is -0.155. The van der Waals surface area contributed by atoms with Gasteiger partial charge in [-0.1, -0.05) is 58.0 Å². The molecule has 0 saturated carbocycles. The van der Waals surface area contributed by atoms with Crippen molar-refractivity contribution in [3.63, 3.8) is 0 Å². The highest BCUT2D eigenvalue weighted by Crippen LogP contribution is 2.42. The Balaban J connectivity index is 1.51. The number of cyclic esters (lactones) is 1. The number of hydrogen-bond acceptors (Lipinski definition) is 8. The van der Waals surface area contributed by atoms with Crippen LogP contribution >= 0.6 is 0 Å². The van der Waals surface area contributed by atoms with Crippen LogP contribution in [0.3, 0.4) is 0 Å². The van der Waals surface area contributed by atoms with Crippen molar-refractivity contribution in [3.8, 4) is 22.4 Å². The maximum Gasteiger partial charge on any atom is 0.324 e. The van der Waals surface area contributed by atoms with Crippen molar-refractivity contribution in [2.75, 3.05) is 34.4 Å². The number of hydrazine groups is 1. The first-order valence-electron chi connectivity index (χ1n) is 19.7. The fourth-order valence-corrected chi connectivity index (χ4v) is 8.38. The van der Waals surface area contributed by atoms with Gasteiger partial charge in [0.1, 0.15) is 12.1 Å². The number of fused-ring (bicyclic) bond motifs is 6. The fraction of sp³-hybridized carbons (Fsp3) is 0.500. The first-order valence-corrected chi connectivity index (χ1v) is 19.7. The highest BCUT2D eigenvalue weighted by Gasteiger charge is 2.36. The van der Waals surface area contributed by atoms with Gasteiger partial charge in [-0.15, -0.1) is 0 Å². The lowest BCUT2D eigenvalue weighted by atomic mass is 9.84. The number of esters is 1. The molecule has 4 heterocycles. The summed E-state index contributed by atoms with van der Waals surface area (Å²) in [6, 6.07) is 17.0. The second kappa shape index (κ2) is 16.6. The Morgan fingerprint density at radius 1 is 1.09 bits per heavy atom. The van der Waals surface area contributed by atoms with Gasteiger partial charge in [-0.3, -0.25) is 29.3 Å². The van der Waals surface area contributed by atoms with E-state index in [0.29, 0.717) is 25.8 Å². The van der Waals surface area contributed by atoms with E-state index in [9.17, 15) is 14.4 Å². The third-order valence-electron chi connectivity index (χ3n) is 11.1. The molecular formula is C44H58N6O5. The third kappa shape index (κ3) is 8.49. The molecule has 11 heteroatoms. The topological polar surface area (TPSA) is 118 Å². The van der Waals surface area contributed by atoms with Gasteiger partial charge in [0.05, 0.1) is 30.1 Å². The second-order valence-electron chi connectivity index (χ2n) is 16.5. The maximum absolute atomic E-state index is 14.3. The van der Waals surface area contributed by atoms with Crippen LogP contribution in [0.25, 0.3) is 33.3 Å². The number of hydrogen-bond donors (Lipinski definition) is 2. The molecule has 11 nitrogen and oxygen atoms in total. The van der Waals surface area contributed by atoms with Crippen LogP contribution in [0.4, 0.5) is 0 Å². The van der Waals surface area contributed by atoms with Crippen LogP contribution in [0.2, 0.25) is 0 Å². The van der Waals surface area contributed by atoms with Gasteiger partial charge < -0.3 is 19.4 Å². The molecule has 1 fully saturated rings. The summed E-state index contributed by atoms with van der Waals surface area (Å²) in [5.74, 6) is -0.858. The first kappa shape index (κ1) is 40.1. The van der Waals surface area contributed by atoms with Gasteiger partial charge in [0.15, 0.2) is 0 Å². The Kier molecular flexibility index (Phi) is 12.1. The SMILES string of the molecule is CCn1c(-c2cccnc2C(C)OC)c2c3cc(ccc31)-c1cccc(c1)CC(NC(=O)C(C(C)C)N(C)C)C(=O)N1CCCC(N1)C(=O)OCC(C)(C)C2. The number of likely N-dealkylation sites (N-methyl/N-ethyl adjacent to an activating group) is 1. The maximum atomic E-state index is 14.3. The van der Waals surface area contributed by atoms with Gasteiger partial charge in [0.2, 0.25) is 5.91 Å². The Morgan fingerprint density at radius 3 is 2.56 bits per heavy atom. The van der Waals surface area contributed by atoms with Crippen LogP contribution in [0.5, 0.6) is 0 Å². The number of carbonyl (C=O) groups is 3. The van der Waals surface area contributed by atoms with Crippen molar-refractivity contribution in [1.29, 1.82) is 0 Å². The summed E-state index contributed by atoms with van der Waals surface area (Å²) in [7, 11) is 5.45. The quantitative estimate of drug-likeness (QED) is 0.201. The first-order chi connectivity index (χ1) is 26.2. The number of nitrogens with zero attached hydrogens (tertiary/aromatic N) is 4. The summed E-state index contributed by atoms with van der Waals surface area (Å²) in [5.41, 5.74) is 10.9. The van der Waals surface area contributed by atoms with Crippen molar-refractivity contribution in [1.82, 2.24) is 30.2 Å². The number of rotatable bonds is 8. The predicted octanol–water partition coefficient (Wildman–Crippen LogP) is 6.33. The summed E-state index contributed by atoms with van der Waals surface area (Å²) in [6.07, 6.45) is 3.66. The standard InChI is InChI=1S/C44H58N6O5/c1-10-49-37-19-18-31-24-33(37)34(40(49)32-16-12-20-45-38(32)28(4)54-9)25-44(5,6)26-55-43(53)35-17-13-21-50(47-35)42(52)36(23-29-14-11-15-30(31)22-29)46-41(51)39(27(2)3)48(7)8/h11-12,14-16,18-20,22,24,27-28,35-36,39,47H,10,13,17,21,23,25-26H2,1-9H3,(H,46,51). The highest BCUT2D eigenvalue weighted by molar-refractivity contribution is 5.95. The lowest BCUT2D eigenvalue weighted by Gasteiger charge is -2.36. The summed E-state index contributed by atoms with van der Waals surface area (Å²) in [4.78, 5) is 48.5. The van der Waals surface area contributed by atoms with Crippen LogP contribution in [0.1, 0.15) is 77.3 Å². The third-order valence-corrected chi connectivity index (χ3v) is 11.1. The van der Waals surface area contributed by atoms with Crippen LogP contribution in [0, 0.1) is 11.3 Å².